The van der Waals surface area contributed by atoms with Gasteiger partial charge in [0.1, 0.15) is 0 Å². The second kappa shape index (κ2) is 43.7. The first kappa shape index (κ1) is 113. The predicted octanol–water partition coefficient (Wildman–Crippen LogP) is 37.6. The molecule has 0 radical (unpaired) electrons. The first-order valence-corrected chi connectivity index (χ1v) is 60.7. The molecule has 0 aliphatic heterocycles. The zero-order valence-electron chi connectivity index (χ0n) is 86.6. The van der Waals surface area contributed by atoms with Gasteiger partial charge in [-0.25, -0.2) is 0 Å². The Kier molecular flexibility index (Phi) is 38.8. The van der Waals surface area contributed by atoms with E-state index in [0.717, 1.165) is 37.5 Å². The van der Waals surface area contributed by atoms with Crippen molar-refractivity contribution in [1.29, 1.82) is 0 Å². The predicted molar refractivity (Wildman–Crippen MR) is 559 cm³/mol. The van der Waals surface area contributed by atoms with Gasteiger partial charge < -0.3 is 35.2 Å². The zero-order chi connectivity index (χ0) is 89.8. The second-order valence-electron chi connectivity index (χ2n) is 49.9. The van der Waals surface area contributed by atoms with E-state index >= 15 is 0 Å². The van der Waals surface area contributed by atoms with Gasteiger partial charge in [0.15, 0.2) is 0 Å². The van der Waals surface area contributed by atoms with E-state index in [0.29, 0.717) is 81.8 Å². The van der Waals surface area contributed by atoms with Crippen LogP contribution in [-0.2, 0) is 63.4 Å². The number of allylic oxidation sites excluding steroid dienone is 20. The molecular formula is C120H178Cl4OZr2. The van der Waals surface area contributed by atoms with Crippen LogP contribution in [0.2, 0.25) is 0 Å². The topological polar surface area (TPSA) is 31.5 Å². The Morgan fingerprint density at radius 1 is 0.283 bits per heavy atom. The molecule has 1 nitrogen and oxygen atoms in total. The molecular weight excluding hydrogens is 1780 g/mol. The molecule has 2 N–H and O–H groups in total. The molecule has 10 aliphatic rings. The molecule has 0 bridgehead atoms. The van der Waals surface area contributed by atoms with Crippen molar-refractivity contribution < 1.29 is 47.2 Å². The van der Waals surface area contributed by atoms with Crippen molar-refractivity contribution in [1.82, 2.24) is 0 Å². The van der Waals surface area contributed by atoms with Gasteiger partial charge in [-0.2, -0.15) is 0 Å². The fourth-order valence-electron chi connectivity index (χ4n) is 25.0. The number of hydrogen-bond acceptors (Lipinski definition) is 0. The van der Waals surface area contributed by atoms with Gasteiger partial charge in [0.2, 0.25) is 0 Å². The fourth-order valence-corrected chi connectivity index (χ4v) is 25.0. The Morgan fingerprint density at radius 2 is 0.480 bits per heavy atom. The normalized spacial score (nSPS) is 24.2. The third-order valence-electron chi connectivity index (χ3n) is 32.4. The summed E-state index contributed by atoms with van der Waals surface area (Å²) in [6.07, 6.45) is 63.4. The molecule has 0 heterocycles. The van der Waals surface area contributed by atoms with Crippen LogP contribution in [0.4, 0.5) is 0 Å². The average Bonchev–Trinajstić information content (AvgIpc) is 1.58. The van der Waals surface area contributed by atoms with Crippen LogP contribution >= 0.6 is 34.1 Å². The Bertz CT molecular complexity index is 4110. The van der Waals surface area contributed by atoms with Gasteiger partial charge in [0.05, 0.1) is 0 Å². The summed E-state index contributed by atoms with van der Waals surface area (Å²) in [6, 6.07) is 29.3. The van der Waals surface area contributed by atoms with E-state index in [2.05, 4.69) is 378 Å². The second-order valence-corrected chi connectivity index (χ2v) is 57.3. The molecule has 7 heteroatoms. The monoisotopic (exact) mass is 1960 g/mol. The molecule has 127 heavy (non-hydrogen) atoms. The number of rotatable bonds is 18. The van der Waals surface area contributed by atoms with Crippen molar-refractivity contribution in [3.05, 3.63) is 267 Å². The number of halogens is 4. The molecule has 700 valence electrons. The Morgan fingerprint density at radius 3 is 0.669 bits per heavy atom. The standard InChI is InChI=1S/C62H92.C54H72.4CH3.4ClH.H2O.2Zr/c1-57(2,3)43-27-31-47-48-32-28-44(58(4,5)6)38-52(48)55(51(47)37-43)61(13,41-23-17-18-24-41)35-21-15-16-22-36-62(14,42-25-19-20-26-42)56-53-39-45(59(7,8)9)29-33-49(53)50-34-30-46(40-54(50)56)60(10,11)12;1-49(2,3)35-21-25-39-40-26-22-36(50(4,5)6)32-44(40)47(43(39)31-35)53(13,14)29-19-17-18-20-30-54(15,16)48-45-33-37(51(7,8)9)23-27-41(45)42-28-24-38(34-46(42)48)52(10,11)12;;;;;;;;;;;/h15-16,27-34,37-42,47-56H,17-26,35-36H2,1-14H3;17-18,21-28,31-34,47-48H,19-20,29-30H2,1-16H3;4*1H3;4*1H;1H2;;/q;;4*-1;;;;;;2*+4/p-4/b16-15+;18-17+;;;;;;;;;;;. The zero-order valence-corrected chi connectivity index (χ0v) is 94.5. The molecule has 14 rings (SSSR count). The van der Waals surface area contributed by atoms with Gasteiger partial charge in [0, 0.05) is 11.8 Å². The summed E-state index contributed by atoms with van der Waals surface area (Å²) in [5.41, 5.74) is 25.9. The molecule has 0 saturated heterocycles. The summed E-state index contributed by atoms with van der Waals surface area (Å²) in [5.74, 6) is 8.74. The number of benzene rings is 4. The van der Waals surface area contributed by atoms with Crippen LogP contribution in [0.25, 0.3) is 22.3 Å². The van der Waals surface area contributed by atoms with E-state index in [9.17, 15) is 0 Å². The summed E-state index contributed by atoms with van der Waals surface area (Å²) < 4.78 is 0. The van der Waals surface area contributed by atoms with Gasteiger partial charge >= 0.3 is 75.7 Å². The van der Waals surface area contributed by atoms with Crippen molar-refractivity contribution in [2.24, 2.45) is 114 Å². The van der Waals surface area contributed by atoms with E-state index in [1.165, 1.54) is 144 Å². The van der Waals surface area contributed by atoms with Crippen LogP contribution in [0, 0.1) is 144 Å². The summed E-state index contributed by atoms with van der Waals surface area (Å²) in [6.45, 7) is 73.0. The molecule has 10 unspecified atom stereocenters. The van der Waals surface area contributed by atoms with Gasteiger partial charge in [-0.1, -0.05) is 403 Å². The summed E-state index contributed by atoms with van der Waals surface area (Å²) in [4.78, 5) is 0. The van der Waals surface area contributed by atoms with Gasteiger partial charge in [-0.05, 0) is 302 Å². The first-order chi connectivity index (χ1) is 56.6. The molecule has 10 atom stereocenters. The number of fused-ring (bicyclic) bond motifs is 12. The van der Waals surface area contributed by atoms with Crippen LogP contribution < -0.4 is 0 Å². The molecule has 4 aromatic rings. The summed E-state index contributed by atoms with van der Waals surface area (Å²) in [5, 5.41) is 0. The van der Waals surface area contributed by atoms with E-state index in [1.54, 1.807) is 22.3 Å². The van der Waals surface area contributed by atoms with E-state index in [-0.39, 0.29) is 89.3 Å². The SMILES string of the molecule is CC(C)(C)C1=CC2C(C=C1)C1C=CC(C(C)(C)C)=CC1C2C(C)(CC/C=C/CCC(C)(C1CCCC1)C1C2C=C(C(C)(C)C)C=CC2C2C=CC(C(C)(C)C)=CC21)C1CCCC1.CC(C)(C)c1ccc2c(c1)C(C(C)(C)CC/C=C/CCC(C)(C)C1c3cc(C(C)(C)C)ccc3-c3ccc(C(C)(C)C)cc31)c1cc(C(C)(C)C)ccc1-2.O.[CH3-].[CH3-].[CH3-].[CH3-].[Cl][Zr+2][Cl].[Cl][Zr+2][Cl]. The van der Waals surface area contributed by atoms with Crippen molar-refractivity contribution in [2.75, 3.05) is 0 Å². The number of hydrogen-bond donors (Lipinski definition) is 0. The average molecular weight is 1960 g/mol. The molecule has 0 amide bonds. The van der Waals surface area contributed by atoms with Gasteiger partial charge in [-0.3, -0.25) is 0 Å². The summed E-state index contributed by atoms with van der Waals surface area (Å²) in [7, 11) is 19.7. The fraction of sp³-hybridized carbons (Fsp3) is 0.600. The van der Waals surface area contributed by atoms with Crippen LogP contribution in [0.15, 0.2) is 192 Å². The van der Waals surface area contributed by atoms with E-state index in [1.807, 2.05) is 0 Å². The van der Waals surface area contributed by atoms with Crippen molar-refractivity contribution in [2.45, 2.75) is 344 Å². The minimum absolute atomic E-state index is 0. The van der Waals surface area contributed by atoms with E-state index in [4.69, 9.17) is 34.1 Å². The Labute approximate surface area is 820 Å². The van der Waals surface area contributed by atoms with Crippen molar-refractivity contribution in [3.8, 4) is 22.3 Å². The molecule has 0 aromatic heterocycles. The van der Waals surface area contributed by atoms with E-state index < -0.39 is 41.7 Å². The Balaban J connectivity index is 0.000000359. The van der Waals surface area contributed by atoms with Crippen LogP contribution in [-0.4, -0.2) is 5.48 Å². The van der Waals surface area contributed by atoms with Gasteiger partial charge in [0.25, 0.3) is 0 Å². The van der Waals surface area contributed by atoms with Crippen molar-refractivity contribution >= 4 is 34.1 Å². The van der Waals surface area contributed by atoms with Crippen LogP contribution in [0.3, 0.4) is 0 Å². The van der Waals surface area contributed by atoms with Crippen LogP contribution in [0.5, 0.6) is 0 Å². The third-order valence-corrected chi connectivity index (χ3v) is 32.4. The van der Waals surface area contributed by atoms with Crippen molar-refractivity contribution in [3.63, 3.8) is 0 Å². The molecule has 10 aliphatic carbocycles. The molecule has 4 fully saturated rings. The first-order valence-electron chi connectivity index (χ1n) is 48.1. The molecule has 4 aromatic carbocycles. The molecule has 4 saturated carbocycles. The Hall–Kier alpha value is -2.83. The third kappa shape index (κ3) is 25.0. The molecule has 0 spiro atoms. The maximum absolute atomic E-state index is 4.93. The van der Waals surface area contributed by atoms with Crippen LogP contribution in [0.1, 0.15) is 367 Å². The minimum atomic E-state index is -0.826. The van der Waals surface area contributed by atoms with Gasteiger partial charge in [-0.15, -0.1) is 0 Å². The maximum atomic E-state index is 4.93. The quantitative estimate of drug-likeness (QED) is 0.0702. The summed E-state index contributed by atoms with van der Waals surface area (Å²) >= 11 is -1.65.